The van der Waals surface area contributed by atoms with Gasteiger partial charge in [-0.25, -0.2) is 0 Å². The zero-order valence-electron chi connectivity index (χ0n) is 10.5. The third-order valence-corrected chi connectivity index (χ3v) is 2.26. The van der Waals surface area contributed by atoms with Gasteiger partial charge in [0.1, 0.15) is 0 Å². The second kappa shape index (κ2) is 5.76. The third kappa shape index (κ3) is 3.16. The fraction of sp³-hybridized carbons (Fsp3) is 0.364. The van der Waals surface area contributed by atoms with Crippen molar-refractivity contribution in [3.63, 3.8) is 0 Å². The van der Waals surface area contributed by atoms with Crippen LogP contribution in [0, 0.1) is 10.1 Å². The van der Waals surface area contributed by atoms with Crippen molar-refractivity contribution < 1.29 is 32.4 Å². The Morgan fingerprint density at radius 2 is 2.00 bits per heavy atom. The number of carbonyl (C=O) groups is 1. The lowest BCUT2D eigenvalue weighted by Crippen LogP contribution is -2.23. The highest BCUT2D eigenvalue weighted by atomic mass is 19.4. The fourth-order valence-corrected chi connectivity index (χ4v) is 1.49. The van der Waals surface area contributed by atoms with Crippen LogP contribution in [-0.2, 0) is 0 Å². The van der Waals surface area contributed by atoms with Gasteiger partial charge in [-0.15, -0.1) is 0 Å². The van der Waals surface area contributed by atoms with Gasteiger partial charge in [0.05, 0.1) is 18.6 Å². The number of benzene rings is 1. The first-order valence-electron chi connectivity index (χ1n) is 5.33. The van der Waals surface area contributed by atoms with Crippen molar-refractivity contribution in [1.29, 1.82) is 0 Å². The minimum absolute atomic E-state index is 0.0389. The van der Waals surface area contributed by atoms with Crippen LogP contribution in [0.15, 0.2) is 12.1 Å². The molecule has 0 heterocycles. The Morgan fingerprint density at radius 3 is 2.40 bits per heavy atom. The minimum atomic E-state index is -5.13. The van der Waals surface area contributed by atoms with E-state index in [1.54, 1.807) is 0 Å². The van der Waals surface area contributed by atoms with Crippen molar-refractivity contribution >= 4 is 11.5 Å². The lowest BCUT2D eigenvalue weighted by atomic mass is 10.1. The summed E-state index contributed by atoms with van der Waals surface area (Å²) in [5, 5.41) is 10.8. The lowest BCUT2D eigenvalue weighted by Gasteiger charge is -2.12. The summed E-state index contributed by atoms with van der Waals surface area (Å²) in [6.45, 7) is 1.57. The van der Waals surface area contributed by atoms with Crippen molar-refractivity contribution in [2.24, 2.45) is 0 Å². The first kappa shape index (κ1) is 15.7. The van der Waals surface area contributed by atoms with Crippen LogP contribution in [-0.4, -0.2) is 30.6 Å². The molecule has 0 aromatic heterocycles. The molecule has 0 saturated heterocycles. The van der Waals surface area contributed by atoms with Gasteiger partial charge in [0.15, 0.2) is 5.75 Å². The molecule has 20 heavy (non-hydrogen) atoms. The molecule has 0 aliphatic rings. The molecule has 0 saturated carbocycles. The third-order valence-electron chi connectivity index (χ3n) is 2.26. The Balaban J connectivity index is 3.49. The molecule has 0 fully saturated rings. The van der Waals surface area contributed by atoms with Crippen LogP contribution in [0.3, 0.4) is 0 Å². The second-order valence-corrected chi connectivity index (χ2v) is 3.54. The highest BCUT2D eigenvalue weighted by Gasteiger charge is 2.41. The van der Waals surface area contributed by atoms with Gasteiger partial charge in [-0.2, -0.15) is 13.2 Å². The lowest BCUT2D eigenvalue weighted by molar-refractivity contribution is -0.385. The highest BCUT2D eigenvalue weighted by Crippen LogP contribution is 2.39. The molecule has 0 aliphatic heterocycles. The summed E-state index contributed by atoms with van der Waals surface area (Å²) in [5.74, 6) is -2.82. The number of hydrogen-bond acceptors (Lipinski definition) is 5. The van der Waals surface area contributed by atoms with E-state index in [0.717, 1.165) is 13.2 Å². The Kier molecular flexibility index (Phi) is 4.53. The summed E-state index contributed by atoms with van der Waals surface area (Å²) >= 11 is 0. The number of alkyl halides is 3. The predicted molar refractivity (Wildman–Crippen MR) is 61.2 cm³/mol. The van der Waals surface area contributed by atoms with Gasteiger partial charge < -0.3 is 9.47 Å². The molecule has 1 aromatic rings. The minimum Gasteiger partial charge on any atom is -0.490 e. The molecule has 0 N–H and O–H groups in total. The number of rotatable bonds is 5. The molecule has 0 aliphatic carbocycles. The number of halogens is 3. The zero-order chi connectivity index (χ0) is 15.5. The summed E-state index contributed by atoms with van der Waals surface area (Å²) < 4.78 is 46.9. The quantitative estimate of drug-likeness (QED) is 0.474. The van der Waals surface area contributed by atoms with Gasteiger partial charge in [0, 0.05) is 11.6 Å². The molecule has 0 bridgehead atoms. The largest absolute Gasteiger partial charge is 0.490 e. The van der Waals surface area contributed by atoms with Crippen LogP contribution in [0.2, 0.25) is 0 Å². The molecule has 1 aromatic carbocycles. The van der Waals surface area contributed by atoms with Crippen molar-refractivity contribution in [3.05, 3.63) is 27.8 Å². The summed E-state index contributed by atoms with van der Waals surface area (Å²) in [5.41, 5.74) is -1.65. The van der Waals surface area contributed by atoms with E-state index in [0.29, 0.717) is 6.07 Å². The van der Waals surface area contributed by atoms with E-state index in [1.807, 2.05) is 0 Å². The molecule has 0 spiro atoms. The number of nitro benzene ring substituents is 1. The Morgan fingerprint density at radius 1 is 1.40 bits per heavy atom. The maximum Gasteiger partial charge on any atom is 0.454 e. The molecule has 9 heteroatoms. The number of nitrogens with zero attached hydrogens (tertiary/aromatic N) is 1. The SMILES string of the molecule is CCOc1cc(C(=O)C(F)(F)F)cc([N+](=O)[O-])c1OC. The van der Waals surface area contributed by atoms with E-state index in [2.05, 4.69) is 0 Å². The average Bonchev–Trinajstić information content (AvgIpc) is 2.36. The summed E-state index contributed by atoms with van der Waals surface area (Å²) in [6, 6.07) is 1.28. The van der Waals surface area contributed by atoms with Gasteiger partial charge in [0.2, 0.25) is 5.75 Å². The fourth-order valence-electron chi connectivity index (χ4n) is 1.49. The normalized spacial score (nSPS) is 11.1. The predicted octanol–water partition coefficient (Wildman–Crippen LogP) is 2.75. The van der Waals surface area contributed by atoms with Crippen molar-refractivity contribution in [3.8, 4) is 11.5 Å². The summed E-state index contributed by atoms with van der Waals surface area (Å²) in [4.78, 5) is 21.0. The number of carbonyl (C=O) groups excluding carboxylic acids is 1. The van der Waals surface area contributed by atoms with Crippen LogP contribution in [0.25, 0.3) is 0 Å². The molecular weight excluding hydrogens is 283 g/mol. The van der Waals surface area contributed by atoms with E-state index in [-0.39, 0.29) is 18.1 Å². The second-order valence-electron chi connectivity index (χ2n) is 3.54. The maximum atomic E-state index is 12.4. The molecule has 0 atom stereocenters. The summed E-state index contributed by atoms with van der Waals surface area (Å²) in [6.07, 6.45) is -5.13. The van der Waals surface area contributed by atoms with Crippen LogP contribution < -0.4 is 9.47 Å². The Bertz CT molecular complexity index is 542. The maximum absolute atomic E-state index is 12.4. The molecule has 6 nitrogen and oxygen atoms in total. The van der Waals surface area contributed by atoms with E-state index in [1.165, 1.54) is 6.92 Å². The van der Waals surface area contributed by atoms with Crippen LogP contribution in [0.1, 0.15) is 17.3 Å². The smallest absolute Gasteiger partial charge is 0.454 e. The first-order valence-corrected chi connectivity index (χ1v) is 5.33. The number of hydrogen-bond donors (Lipinski definition) is 0. The molecular formula is C11H10F3NO5. The number of methoxy groups -OCH3 is 1. The zero-order valence-corrected chi connectivity index (χ0v) is 10.5. The highest BCUT2D eigenvalue weighted by molar-refractivity contribution is 6.01. The number of nitro groups is 1. The van der Waals surface area contributed by atoms with Crippen molar-refractivity contribution in [2.75, 3.05) is 13.7 Å². The number of Topliss-reactive ketones (excluding diaryl/α,β-unsaturated/α-hetero) is 1. The van der Waals surface area contributed by atoms with E-state index in [4.69, 9.17) is 9.47 Å². The van der Waals surface area contributed by atoms with Gasteiger partial charge in [0.25, 0.3) is 5.78 Å². The van der Waals surface area contributed by atoms with Gasteiger partial charge in [-0.1, -0.05) is 0 Å². The topological polar surface area (TPSA) is 78.7 Å². The number of ketones is 1. The van der Waals surface area contributed by atoms with Crippen LogP contribution in [0.5, 0.6) is 11.5 Å². The van der Waals surface area contributed by atoms with Crippen molar-refractivity contribution in [2.45, 2.75) is 13.1 Å². The Labute approximate surface area is 111 Å². The van der Waals surface area contributed by atoms with Gasteiger partial charge in [-0.3, -0.25) is 14.9 Å². The Hall–Kier alpha value is -2.32. The molecule has 1 rings (SSSR count). The van der Waals surface area contributed by atoms with Crippen LogP contribution >= 0.6 is 0 Å². The van der Waals surface area contributed by atoms with Gasteiger partial charge in [-0.05, 0) is 13.0 Å². The standard InChI is InChI=1S/C11H10F3NO5/c1-3-20-8-5-6(10(16)11(12,13)14)4-7(15(17)18)9(8)19-2/h4-5H,3H2,1-2H3. The molecule has 0 radical (unpaired) electrons. The first-order chi connectivity index (χ1) is 9.22. The van der Waals surface area contributed by atoms with E-state index in [9.17, 15) is 28.1 Å². The van der Waals surface area contributed by atoms with E-state index < -0.39 is 28.1 Å². The van der Waals surface area contributed by atoms with Gasteiger partial charge >= 0.3 is 11.9 Å². The molecule has 110 valence electrons. The average molecular weight is 293 g/mol. The van der Waals surface area contributed by atoms with E-state index >= 15 is 0 Å². The van der Waals surface area contributed by atoms with Crippen molar-refractivity contribution in [1.82, 2.24) is 0 Å². The molecule has 0 unspecified atom stereocenters. The number of ether oxygens (including phenoxy) is 2. The summed E-state index contributed by atoms with van der Waals surface area (Å²) in [7, 11) is 1.11. The monoisotopic (exact) mass is 293 g/mol. The molecule has 0 amide bonds. The van der Waals surface area contributed by atoms with Crippen LogP contribution in [0.4, 0.5) is 18.9 Å².